The molecule has 0 aliphatic rings. The molecule has 0 aromatic heterocycles. The topological polar surface area (TPSA) is 55.4 Å². The highest BCUT2D eigenvalue weighted by Crippen LogP contribution is 2.24. The summed E-state index contributed by atoms with van der Waals surface area (Å²) in [6.45, 7) is 0. The molecule has 0 saturated carbocycles. The van der Waals surface area contributed by atoms with Gasteiger partial charge in [-0.2, -0.15) is 0 Å². The first-order chi connectivity index (χ1) is 10.0. The maximum absolute atomic E-state index is 12.1. The second kappa shape index (κ2) is 6.91. The number of benzene rings is 2. The summed E-state index contributed by atoms with van der Waals surface area (Å²) >= 11 is 8.19. The van der Waals surface area contributed by atoms with Gasteiger partial charge in [0.05, 0.1) is 23.4 Å². The predicted molar refractivity (Wildman–Crippen MR) is 89.9 cm³/mol. The molecule has 21 heavy (non-hydrogen) atoms. The van der Waals surface area contributed by atoms with Crippen LogP contribution in [0.1, 0.15) is 20.7 Å². The Morgan fingerprint density at radius 2 is 1.71 bits per heavy atom. The molecule has 1 N–H and O–H groups in total. The van der Waals surface area contributed by atoms with Crippen molar-refractivity contribution in [2.24, 2.45) is 0 Å². The summed E-state index contributed by atoms with van der Waals surface area (Å²) in [6, 6.07) is 11.7. The van der Waals surface area contributed by atoms with Gasteiger partial charge in [0.15, 0.2) is 0 Å². The van der Waals surface area contributed by atoms with E-state index in [0.29, 0.717) is 21.8 Å². The van der Waals surface area contributed by atoms with Crippen LogP contribution in [-0.4, -0.2) is 19.0 Å². The molecular weight excluding hydrogens is 405 g/mol. The van der Waals surface area contributed by atoms with Crippen molar-refractivity contribution >= 4 is 51.8 Å². The lowest BCUT2D eigenvalue weighted by molar-refractivity contribution is 0.0600. The van der Waals surface area contributed by atoms with Gasteiger partial charge in [-0.3, -0.25) is 4.79 Å². The van der Waals surface area contributed by atoms with E-state index in [-0.39, 0.29) is 5.91 Å². The largest absolute Gasteiger partial charge is 0.465 e. The van der Waals surface area contributed by atoms with Gasteiger partial charge in [-0.25, -0.2) is 4.79 Å². The van der Waals surface area contributed by atoms with E-state index in [2.05, 4.69) is 32.6 Å². The summed E-state index contributed by atoms with van der Waals surface area (Å²) in [5.41, 5.74) is 1.19. The number of hydrogen-bond donors (Lipinski definition) is 1. The number of nitrogens with one attached hydrogen (secondary N) is 1. The Morgan fingerprint density at radius 1 is 1.10 bits per heavy atom. The Kier molecular flexibility index (Phi) is 5.19. The molecular formula is C15H11ClINO3. The first-order valence-electron chi connectivity index (χ1n) is 5.96. The van der Waals surface area contributed by atoms with E-state index in [1.165, 1.54) is 25.3 Å². The SMILES string of the molecule is COC(=O)c1ccc(Cl)c(NC(=O)c2ccc(I)cc2)c1. The molecule has 0 aliphatic heterocycles. The Morgan fingerprint density at radius 3 is 2.33 bits per heavy atom. The van der Waals surface area contributed by atoms with E-state index >= 15 is 0 Å². The molecule has 2 rings (SSSR count). The monoisotopic (exact) mass is 415 g/mol. The second-order valence-corrected chi connectivity index (χ2v) is 5.80. The van der Waals surface area contributed by atoms with Crippen molar-refractivity contribution in [3.8, 4) is 0 Å². The average molecular weight is 416 g/mol. The Balaban J connectivity index is 2.24. The van der Waals surface area contributed by atoms with Gasteiger partial charge in [-0.1, -0.05) is 11.6 Å². The fourth-order valence-electron chi connectivity index (χ4n) is 1.66. The van der Waals surface area contributed by atoms with Crippen molar-refractivity contribution in [1.82, 2.24) is 0 Å². The van der Waals surface area contributed by atoms with Gasteiger partial charge in [0.25, 0.3) is 5.91 Å². The number of carbonyl (C=O) groups excluding carboxylic acids is 2. The van der Waals surface area contributed by atoms with E-state index in [1.807, 2.05) is 12.1 Å². The molecule has 0 unspecified atom stereocenters. The predicted octanol–water partition coefficient (Wildman–Crippen LogP) is 3.98. The third-order valence-corrected chi connectivity index (χ3v) is 3.79. The molecule has 0 saturated heterocycles. The van der Waals surface area contributed by atoms with Crippen LogP contribution in [-0.2, 0) is 4.74 Å². The molecule has 0 aliphatic carbocycles. The second-order valence-electron chi connectivity index (χ2n) is 4.15. The molecule has 2 aromatic rings. The van der Waals surface area contributed by atoms with Crippen LogP contribution in [0.25, 0.3) is 0 Å². The smallest absolute Gasteiger partial charge is 0.337 e. The van der Waals surface area contributed by atoms with Gasteiger partial charge >= 0.3 is 5.97 Å². The quantitative estimate of drug-likeness (QED) is 0.609. The number of methoxy groups -OCH3 is 1. The van der Waals surface area contributed by atoms with Gasteiger partial charge in [-0.05, 0) is 65.1 Å². The highest BCUT2D eigenvalue weighted by Gasteiger charge is 2.12. The van der Waals surface area contributed by atoms with Crippen molar-refractivity contribution in [3.05, 3.63) is 62.2 Å². The van der Waals surface area contributed by atoms with Crippen LogP contribution in [0, 0.1) is 3.57 Å². The lowest BCUT2D eigenvalue weighted by Gasteiger charge is -2.09. The summed E-state index contributed by atoms with van der Waals surface area (Å²) in [5, 5.41) is 3.03. The molecule has 0 heterocycles. The van der Waals surface area contributed by atoms with Gasteiger partial charge in [-0.15, -0.1) is 0 Å². The van der Waals surface area contributed by atoms with Crippen LogP contribution in [0.5, 0.6) is 0 Å². The molecule has 0 atom stereocenters. The van der Waals surface area contributed by atoms with Crippen molar-refractivity contribution in [2.45, 2.75) is 0 Å². The van der Waals surface area contributed by atoms with E-state index in [1.54, 1.807) is 12.1 Å². The lowest BCUT2D eigenvalue weighted by atomic mass is 10.1. The number of rotatable bonds is 3. The van der Waals surface area contributed by atoms with Crippen molar-refractivity contribution in [1.29, 1.82) is 0 Å². The number of ether oxygens (including phenoxy) is 1. The van der Waals surface area contributed by atoms with Gasteiger partial charge in [0.1, 0.15) is 0 Å². The summed E-state index contributed by atoms with van der Waals surface area (Å²) < 4.78 is 5.68. The molecule has 108 valence electrons. The number of carbonyl (C=O) groups is 2. The Labute approximate surface area is 140 Å². The van der Waals surface area contributed by atoms with Crippen LogP contribution in [0.4, 0.5) is 5.69 Å². The maximum Gasteiger partial charge on any atom is 0.337 e. The van der Waals surface area contributed by atoms with Crippen molar-refractivity contribution in [2.75, 3.05) is 12.4 Å². The number of anilines is 1. The Hall–Kier alpha value is -1.60. The minimum absolute atomic E-state index is 0.296. The van der Waals surface area contributed by atoms with E-state index < -0.39 is 5.97 Å². The van der Waals surface area contributed by atoms with Crippen LogP contribution in [0.2, 0.25) is 5.02 Å². The third kappa shape index (κ3) is 3.95. The molecule has 2 aromatic carbocycles. The third-order valence-electron chi connectivity index (χ3n) is 2.74. The fraction of sp³-hybridized carbons (Fsp3) is 0.0667. The molecule has 4 nitrogen and oxygen atoms in total. The zero-order valence-corrected chi connectivity index (χ0v) is 13.9. The number of esters is 1. The molecule has 0 bridgehead atoms. The van der Waals surface area contributed by atoms with E-state index in [0.717, 1.165) is 3.57 Å². The molecule has 0 radical (unpaired) electrons. The van der Waals surface area contributed by atoms with Crippen LogP contribution >= 0.6 is 34.2 Å². The first-order valence-corrected chi connectivity index (χ1v) is 7.41. The highest BCUT2D eigenvalue weighted by molar-refractivity contribution is 14.1. The average Bonchev–Trinajstić information content (AvgIpc) is 2.49. The molecule has 1 amide bonds. The van der Waals surface area contributed by atoms with Gasteiger partial charge in [0, 0.05) is 9.13 Å². The van der Waals surface area contributed by atoms with Crippen LogP contribution < -0.4 is 5.32 Å². The van der Waals surface area contributed by atoms with E-state index in [4.69, 9.17) is 11.6 Å². The minimum atomic E-state index is -0.489. The molecule has 0 spiro atoms. The zero-order valence-electron chi connectivity index (χ0n) is 11.0. The Bertz CT molecular complexity index is 686. The normalized spacial score (nSPS) is 10.0. The highest BCUT2D eigenvalue weighted by atomic mass is 127. The number of hydrogen-bond acceptors (Lipinski definition) is 3. The summed E-state index contributed by atoms with van der Waals surface area (Å²) in [7, 11) is 1.29. The number of halogens is 2. The first kappa shape index (κ1) is 15.8. The lowest BCUT2D eigenvalue weighted by Crippen LogP contribution is -2.13. The summed E-state index contributed by atoms with van der Waals surface area (Å²) in [4.78, 5) is 23.6. The van der Waals surface area contributed by atoms with Crippen LogP contribution in [0.15, 0.2) is 42.5 Å². The van der Waals surface area contributed by atoms with Gasteiger partial charge < -0.3 is 10.1 Å². The number of amides is 1. The van der Waals surface area contributed by atoms with E-state index in [9.17, 15) is 9.59 Å². The van der Waals surface area contributed by atoms with Crippen molar-refractivity contribution < 1.29 is 14.3 Å². The van der Waals surface area contributed by atoms with Crippen molar-refractivity contribution in [3.63, 3.8) is 0 Å². The van der Waals surface area contributed by atoms with Gasteiger partial charge in [0.2, 0.25) is 0 Å². The summed E-state index contributed by atoms with van der Waals surface area (Å²) in [6.07, 6.45) is 0. The van der Waals surface area contributed by atoms with Crippen LogP contribution in [0.3, 0.4) is 0 Å². The molecule has 6 heteroatoms. The zero-order chi connectivity index (χ0) is 15.4. The maximum atomic E-state index is 12.1. The minimum Gasteiger partial charge on any atom is -0.465 e. The fourth-order valence-corrected chi connectivity index (χ4v) is 2.19. The standard InChI is InChI=1S/C15H11ClINO3/c1-21-15(20)10-4-7-12(16)13(8-10)18-14(19)9-2-5-11(17)6-3-9/h2-8H,1H3,(H,18,19). The summed E-state index contributed by atoms with van der Waals surface area (Å²) in [5.74, 6) is -0.785. The molecule has 0 fully saturated rings.